The van der Waals surface area contributed by atoms with Crippen molar-refractivity contribution >= 4 is 23.1 Å². The number of hydrogen-bond acceptors (Lipinski definition) is 4. The number of nitrogens with zero attached hydrogens (tertiary/aromatic N) is 1. The number of Topliss-reactive ketones (excluding diaryl/α,β-unsaturated/α-hetero) is 1. The molecule has 1 fully saturated rings. The van der Waals surface area contributed by atoms with Crippen molar-refractivity contribution in [2.24, 2.45) is 0 Å². The van der Waals surface area contributed by atoms with E-state index in [1.54, 1.807) is 24.3 Å². The maximum absolute atomic E-state index is 13.2. The number of carbonyl (C=O) groups excluding carboxylic acids is 2. The lowest BCUT2D eigenvalue weighted by atomic mass is 9.95. The first-order chi connectivity index (χ1) is 16.5. The van der Waals surface area contributed by atoms with Gasteiger partial charge in [-0.05, 0) is 54.8 Å². The predicted octanol–water partition coefficient (Wildman–Crippen LogP) is 6.19. The average Bonchev–Trinajstić information content (AvgIpc) is 3.13. The lowest BCUT2D eigenvalue weighted by molar-refractivity contribution is -0.132. The summed E-state index contributed by atoms with van der Waals surface area (Å²) >= 11 is 0. The molecule has 5 heteroatoms. The van der Waals surface area contributed by atoms with Crippen LogP contribution in [0, 0.1) is 6.92 Å². The second kappa shape index (κ2) is 10.4. The van der Waals surface area contributed by atoms with Crippen LogP contribution < -0.4 is 9.64 Å². The van der Waals surface area contributed by atoms with E-state index in [-0.39, 0.29) is 11.3 Å². The zero-order chi connectivity index (χ0) is 24.1. The lowest BCUT2D eigenvalue weighted by Gasteiger charge is -2.26. The molecule has 3 aromatic rings. The fraction of sp³-hybridized carbons (Fsp3) is 0.241. The number of carbonyl (C=O) groups is 2. The van der Waals surface area contributed by atoms with Crippen molar-refractivity contribution in [1.82, 2.24) is 0 Å². The van der Waals surface area contributed by atoms with Crippen molar-refractivity contribution in [3.05, 3.63) is 101 Å². The average molecular weight is 456 g/mol. The number of aliphatic hydroxyl groups is 1. The molecule has 1 unspecified atom stereocenters. The number of rotatable bonds is 8. The molecule has 0 bridgehead atoms. The molecule has 1 heterocycles. The Labute approximate surface area is 200 Å². The van der Waals surface area contributed by atoms with Crippen LogP contribution in [0.15, 0.2) is 84.4 Å². The van der Waals surface area contributed by atoms with Gasteiger partial charge in [0.1, 0.15) is 11.5 Å². The molecule has 34 heavy (non-hydrogen) atoms. The van der Waals surface area contributed by atoms with Gasteiger partial charge in [-0.1, -0.05) is 68.3 Å². The van der Waals surface area contributed by atoms with E-state index in [0.717, 1.165) is 30.4 Å². The van der Waals surface area contributed by atoms with Crippen LogP contribution in [0.25, 0.3) is 5.76 Å². The third-order valence-corrected chi connectivity index (χ3v) is 6.08. The Bertz CT molecular complexity index is 1200. The van der Waals surface area contributed by atoms with E-state index in [1.165, 1.54) is 4.90 Å². The largest absolute Gasteiger partial charge is 0.507 e. The van der Waals surface area contributed by atoms with Gasteiger partial charge < -0.3 is 9.84 Å². The van der Waals surface area contributed by atoms with E-state index in [0.29, 0.717) is 23.6 Å². The van der Waals surface area contributed by atoms with Gasteiger partial charge in [-0.3, -0.25) is 14.5 Å². The molecule has 1 N–H and O–H groups in total. The normalized spacial score (nSPS) is 17.2. The van der Waals surface area contributed by atoms with Gasteiger partial charge >= 0.3 is 0 Å². The first-order valence-electron chi connectivity index (χ1n) is 11.7. The van der Waals surface area contributed by atoms with Crippen LogP contribution in [-0.4, -0.2) is 23.4 Å². The van der Waals surface area contributed by atoms with Gasteiger partial charge in [0.25, 0.3) is 11.7 Å². The zero-order valence-corrected chi connectivity index (χ0v) is 19.5. The molecule has 4 rings (SSSR count). The molecule has 1 saturated heterocycles. The summed E-state index contributed by atoms with van der Waals surface area (Å²) < 4.78 is 5.76. The molecule has 0 spiro atoms. The van der Waals surface area contributed by atoms with E-state index >= 15 is 0 Å². The molecule has 5 nitrogen and oxygen atoms in total. The monoisotopic (exact) mass is 455 g/mol. The Morgan fingerprint density at radius 2 is 1.59 bits per heavy atom. The molecule has 174 valence electrons. The standard InChI is InChI=1S/C29H29NO4/c1-3-4-10-19-34-23-17-15-22(16-18-23)27(31)25-26(21-12-6-5-7-13-21)30(29(33)28(25)32)24-14-9-8-11-20(24)2/h5-9,11-18,26,31H,3-4,10,19H2,1-2H3/b27-25+. The number of hydrogen-bond donors (Lipinski definition) is 1. The minimum atomic E-state index is -0.729. The van der Waals surface area contributed by atoms with Crippen molar-refractivity contribution in [2.75, 3.05) is 11.5 Å². The molecule has 0 aromatic heterocycles. The van der Waals surface area contributed by atoms with Crippen molar-refractivity contribution < 1.29 is 19.4 Å². The van der Waals surface area contributed by atoms with Gasteiger partial charge in [0, 0.05) is 11.3 Å². The highest BCUT2D eigenvalue weighted by Gasteiger charge is 2.47. The Morgan fingerprint density at radius 1 is 0.912 bits per heavy atom. The number of ether oxygens (including phenoxy) is 1. The molecule has 0 saturated carbocycles. The molecule has 0 radical (unpaired) electrons. The Hall–Kier alpha value is -3.86. The van der Waals surface area contributed by atoms with E-state index < -0.39 is 17.7 Å². The summed E-state index contributed by atoms with van der Waals surface area (Å²) in [7, 11) is 0. The van der Waals surface area contributed by atoms with Crippen molar-refractivity contribution in [2.45, 2.75) is 39.2 Å². The fourth-order valence-electron chi connectivity index (χ4n) is 4.27. The van der Waals surface area contributed by atoms with E-state index in [2.05, 4.69) is 6.92 Å². The van der Waals surface area contributed by atoms with E-state index in [9.17, 15) is 14.7 Å². The van der Waals surface area contributed by atoms with E-state index in [1.807, 2.05) is 61.5 Å². The second-order valence-electron chi connectivity index (χ2n) is 8.45. The molecular formula is C29H29NO4. The van der Waals surface area contributed by atoms with Gasteiger partial charge in [0.15, 0.2) is 0 Å². The first kappa shape index (κ1) is 23.3. The highest BCUT2D eigenvalue weighted by molar-refractivity contribution is 6.51. The number of amides is 1. The van der Waals surface area contributed by atoms with Crippen molar-refractivity contribution in [3.8, 4) is 5.75 Å². The number of aryl methyl sites for hydroxylation is 1. The number of aliphatic hydroxyl groups excluding tert-OH is 1. The number of anilines is 1. The zero-order valence-electron chi connectivity index (χ0n) is 19.5. The summed E-state index contributed by atoms with van der Waals surface area (Å²) in [6, 6.07) is 23.0. The SMILES string of the molecule is CCCCCOc1ccc(/C(O)=C2\C(=O)C(=O)N(c3ccccc3C)C2c2ccccc2)cc1. The quantitative estimate of drug-likeness (QED) is 0.190. The summed E-state index contributed by atoms with van der Waals surface area (Å²) in [5.41, 5.74) is 2.81. The number of para-hydroxylation sites is 1. The van der Waals surface area contributed by atoms with Crippen LogP contribution in [-0.2, 0) is 9.59 Å². The molecule has 3 aromatic carbocycles. The maximum Gasteiger partial charge on any atom is 0.300 e. The minimum absolute atomic E-state index is 0.0797. The second-order valence-corrected chi connectivity index (χ2v) is 8.45. The predicted molar refractivity (Wildman–Crippen MR) is 134 cm³/mol. The summed E-state index contributed by atoms with van der Waals surface area (Å²) in [5, 5.41) is 11.3. The van der Waals surface area contributed by atoms with Crippen molar-refractivity contribution in [1.29, 1.82) is 0 Å². The van der Waals surface area contributed by atoms with Gasteiger partial charge in [-0.2, -0.15) is 0 Å². The van der Waals surface area contributed by atoms with Crippen LogP contribution in [0.4, 0.5) is 5.69 Å². The van der Waals surface area contributed by atoms with Crippen LogP contribution >= 0.6 is 0 Å². The summed E-state index contributed by atoms with van der Waals surface area (Å²) in [6.45, 7) is 4.67. The van der Waals surface area contributed by atoms with Crippen LogP contribution in [0.2, 0.25) is 0 Å². The topological polar surface area (TPSA) is 66.8 Å². The van der Waals surface area contributed by atoms with Gasteiger partial charge in [-0.15, -0.1) is 0 Å². The highest BCUT2D eigenvalue weighted by atomic mass is 16.5. The van der Waals surface area contributed by atoms with Gasteiger partial charge in [0.05, 0.1) is 18.2 Å². The van der Waals surface area contributed by atoms with Crippen molar-refractivity contribution in [3.63, 3.8) is 0 Å². The smallest absolute Gasteiger partial charge is 0.300 e. The summed E-state index contributed by atoms with van der Waals surface area (Å²) in [6.07, 6.45) is 3.22. The van der Waals surface area contributed by atoms with Crippen LogP contribution in [0.3, 0.4) is 0 Å². The molecule has 0 aliphatic carbocycles. The Balaban J connectivity index is 1.75. The van der Waals surface area contributed by atoms with Crippen LogP contribution in [0.5, 0.6) is 5.75 Å². The summed E-state index contributed by atoms with van der Waals surface area (Å²) in [4.78, 5) is 27.9. The Morgan fingerprint density at radius 3 is 2.26 bits per heavy atom. The fourth-order valence-corrected chi connectivity index (χ4v) is 4.27. The molecule has 1 amide bonds. The molecular weight excluding hydrogens is 426 g/mol. The number of ketones is 1. The first-order valence-corrected chi connectivity index (χ1v) is 11.7. The Kier molecular flexibility index (Phi) is 7.12. The summed E-state index contributed by atoms with van der Waals surface area (Å²) in [5.74, 6) is -0.844. The third-order valence-electron chi connectivity index (χ3n) is 6.08. The van der Waals surface area contributed by atoms with Gasteiger partial charge in [-0.25, -0.2) is 0 Å². The molecule has 1 aliphatic rings. The highest BCUT2D eigenvalue weighted by Crippen LogP contribution is 2.43. The minimum Gasteiger partial charge on any atom is -0.507 e. The molecule has 1 aliphatic heterocycles. The number of benzene rings is 3. The molecule has 1 atom stereocenters. The lowest BCUT2D eigenvalue weighted by Crippen LogP contribution is -2.30. The number of unbranched alkanes of at least 4 members (excludes halogenated alkanes) is 2. The van der Waals surface area contributed by atoms with Crippen LogP contribution in [0.1, 0.15) is 48.9 Å². The maximum atomic E-state index is 13.2. The van der Waals surface area contributed by atoms with E-state index in [4.69, 9.17) is 4.74 Å². The van der Waals surface area contributed by atoms with Gasteiger partial charge in [0.2, 0.25) is 0 Å². The third kappa shape index (κ3) is 4.60.